The standard InChI is InChI=1S/C36H53N5O4Si/c1-35(2,3)45-34(42)41(30-13-11-12-14-31(30)43-8)27-19-20-40(24-27)33-28-23-26(17-18-29(28)37-32(38-33)25-15-16-25)39(7)21-22-44-46(9,10)36(4,5)6/h11-14,17-18,23,25,27H,15-16,19-22,24H2,1-10H3/t27-/m1/s1. The fourth-order valence-electron chi connectivity index (χ4n) is 5.63. The fraction of sp³-hybridized carbons (Fsp3) is 0.583. The van der Waals surface area contributed by atoms with Crippen LogP contribution >= 0.6 is 0 Å². The molecular formula is C36H53N5O4Si. The lowest BCUT2D eigenvalue weighted by atomic mass is 10.1. The van der Waals surface area contributed by atoms with Gasteiger partial charge in [0, 0.05) is 43.7 Å². The Morgan fingerprint density at radius 3 is 2.39 bits per heavy atom. The predicted octanol–water partition coefficient (Wildman–Crippen LogP) is 7.99. The number of fused-ring (bicyclic) bond motifs is 1. The molecule has 5 rings (SSSR count). The van der Waals surface area contributed by atoms with Crippen LogP contribution in [0.15, 0.2) is 42.5 Å². The minimum Gasteiger partial charge on any atom is -0.495 e. The third-order valence-electron chi connectivity index (χ3n) is 9.52. The van der Waals surface area contributed by atoms with Crippen LogP contribution in [0.2, 0.25) is 18.1 Å². The molecule has 1 atom stereocenters. The van der Waals surface area contributed by atoms with Crippen molar-refractivity contribution in [3.63, 3.8) is 0 Å². The summed E-state index contributed by atoms with van der Waals surface area (Å²) in [6, 6.07) is 14.0. The maximum Gasteiger partial charge on any atom is 0.415 e. The van der Waals surface area contributed by atoms with Crippen LogP contribution in [0.5, 0.6) is 5.75 Å². The van der Waals surface area contributed by atoms with E-state index in [-0.39, 0.29) is 17.2 Å². The largest absolute Gasteiger partial charge is 0.495 e. The van der Waals surface area contributed by atoms with Gasteiger partial charge in [-0.2, -0.15) is 0 Å². The Morgan fingerprint density at radius 2 is 1.74 bits per heavy atom. The van der Waals surface area contributed by atoms with Gasteiger partial charge in [0.2, 0.25) is 0 Å². The molecule has 46 heavy (non-hydrogen) atoms. The Kier molecular flexibility index (Phi) is 9.62. The van der Waals surface area contributed by atoms with Crippen LogP contribution in [-0.2, 0) is 9.16 Å². The van der Waals surface area contributed by atoms with E-state index in [1.807, 2.05) is 45.0 Å². The Labute approximate surface area is 276 Å². The topological polar surface area (TPSA) is 80.3 Å². The molecule has 0 spiro atoms. The number of para-hydroxylation sites is 2. The molecule has 0 N–H and O–H groups in total. The van der Waals surface area contributed by atoms with E-state index in [0.29, 0.717) is 30.5 Å². The number of benzene rings is 2. The molecule has 2 aromatic carbocycles. The second-order valence-electron chi connectivity index (χ2n) is 15.3. The molecule has 250 valence electrons. The van der Waals surface area contributed by atoms with Crippen molar-refractivity contribution in [2.24, 2.45) is 0 Å². The Morgan fingerprint density at radius 1 is 1.02 bits per heavy atom. The molecule has 1 aromatic heterocycles. The first kappa shape index (κ1) is 34.0. The zero-order valence-electron chi connectivity index (χ0n) is 29.5. The maximum atomic E-state index is 13.7. The number of rotatable bonds is 10. The highest BCUT2D eigenvalue weighted by Crippen LogP contribution is 2.42. The zero-order chi connectivity index (χ0) is 33.4. The lowest BCUT2D eigenvalue weighted by Gasteiger charge is -2.36. The minimum atomic E-state index is -1.82. The van der Waals surface area contributed by atoms with Crippen LogP contribution in [0.1, 0.15) is 72.5 Å². The van der Waals surface area contributed by atoms with Gasteiger partial charge < -0.3 is 23.7 Å². The molecule has 1 saturated carbocycles. The number of amides is 1. The zero-order valence-corrected chi connectivity index (χ0v) is 30.5. The lowest BCUT2D eigenvalue weighted by Crippen LogP contribution is -2.45. The van der Waals surface area contributed by atoms with Crippen molar-refractivity contribution in [2.75, 3.05) is 55.1 Å². The van der Waals surface area contributed by atoms with E-state index in [2.05, 4.69) is 68.9 Å². The summed E-state index contributed by atoms with van der Waals surface area (Å²) in [5, 5.41) is 1.21. The second kappa shape index (κ2) is 13.0. The normalized spacial score (nSPS) is 17.3. The molecule has 1 aliphatic heterocycles. The molecular weight excluding hydrogens is 595 g/mol. The summed E-state index contributed by atoms with van der Waals surface area (Å²) in [7, 11) is 1.93. The van der Waals surface area contributed by atoms with Gasteiger partial charge in [0.15, 0.2) is 8.32 Å². The van der Waals surface area contributed by atoms with Crippen LogP contribution in [0.4, 0.5) is 22.0 Å². The van der Waals surface area contributed by atoms with Crippen LogP contribution in [0.25, 0.3) is 10.9 Å². The Hall–Kier alpha value is -3.37. The van der Waals surface area contributed by atoms with Gasteiger partial charge in [0.05, 0.1) is 31.0 Å². The van der Waals surface area contributed by atoms with Crippen molar-refractivity contribution in [3.8, 4) is 5.75 Å². The SMILES string of the molecule is COc1ccccc1N(C(=O)OC(C)(C)C)[C@@H]1CCN(c2nc(C3CC3)nc3ccc(N(C)CCO[Si](C)(C)C(C)(C)C)cc23)C1. The van der Waals surface area contributed by atoms with Crippen molar-refractivity contribution >= 4 is 42.5 Å². The van der Waals surface area contributed by atoms with E-state index in [1.165, 1.54) is 0 Å². The maximum absolute atomic E-state index is 13.7. The average Bonchev–Trinajstić information content (AvgIpc) is 3.72. The highest BCUT2D eigenvalue weighted by molar-refractivity contribution is 6.74. The van der Waals surface area contributed by atoms with Crippen molar-refractivity contribution in [3.05, 3.63) is 48.3 Å². The summed E-state index contributed by atoms with van der Waals surface area (Å²) in [5.74, 6) is 2.92. The molecule has 1 saturated heterocycles. The van der Waals surface area contributed by atoms with E-state index >= 15 is 0 Å². The van der Waals surface area contributed by atoms with Crippen LogP contribution in [-0.4, -0.2) is 76.4 Å². The van der Waals surface area contributed by atoms with Gasteiger partial charge in [-0.3, -0.25) is 4.90 Å². The lowest BCUT2D eigenvalue weighted by molar-refractivity contribution is 0.0567. The first-order chi connectivity index (χ1) is 21.6. The number of carbonyl (C=O) groups excluding carboxylic acids is 1. The highest BCUT2D eigenvalue weighted by atomic mass is 28.4. The van der Waals surface area contributed by atoms with Gasteiger partial charge in [0.1, 0.15) is 23.0 Å². The van der Waals surface area contributed by atoms with Crippen LogP contribution in [0.3, 0.4) is 0 Å². The number of hydrogen-bond donors (Lipinski definition) is 0. The van der Waals surface area contributed by atoms with Crippen molar-refractivity contribution in [1.29, 1.82) is 0 Å². The summed E-state index contributed by atoms with van der Waals surface area (Å²) in [6.45, 7) is 20.0. The van der Waals surface area contributed by atoms with Gasteiger partial charge in [0.25, 0.3) is 0 Å². The molecule has 0 bridgehead atoms. The number of aromatic nitrogens is 2. The summed E-state index contributed by atoms with van der Waals surface area (Å²) in [5.41, 5.74) is 2.14. The van der Waals surface area contributed by atoms with E-state index in [9.17, 15) is 4.79 Å². The molecule has 2 fully saturated rings. The summed E-state index contributed by atoms with van der Waals surface area (Å²) in [4.78, 5) is 30.3. The summed E-state index contributed by atoms with van der Waals surface area (Å²) < 4.78 is 18.1. The molecule has 2 heterocycles. The van der Waals surface area contributed by atoms with Crippen molar-refractivity contribution in [1.82, 2.24) is 9.97 Å². The molecule has 1 aliphatic carbocycles. The smallest absolute Gasteiger partial charge is 0.415 e. The van der Waals surface area contributed by atoms with Crippen LogP contribution in [0, 0.1) is 0 Å². The van der Waals surface area contributed by atoms with E-state index in [0.717, 1.165) is 60.6 Å². The minimum absolute atomic E-state index is 0.126. The van der Waals surface area contributed by atoms with Gasteiger partial charge in [-0.25, -0.2) is 14.8 Å². The van der Waals surface area contributed by atoms with Crippen molar-refractivity contribution < 1.29 is 18.7 Å². The van der Waals surface area contributed by atoms with Crippen molar-refractivity contribution in [2.45, 2.75) is 96.5 Å². The number of hydrogen-bond acceptors (Lipinski definition) is 8. The quantitative estimate of drug-likeness (QED) is 0.205. The third-order valence-corrected chi connectivity index (χ3v) is 14.1. The molecule has 1 amide bonds. The predicted molar refractivity (Wildman–Crippen MR) is 190 cm³/mol. The molecule has 9 nitrogen and oxygen atoms in total. The number of carbonyl (C=O) groups is 1. The van der Waals surface area contributed by atoms with Gasteiger partial charge >= 0.3 is 6.09 Å². The highest BCUT2D eigenvalue weighted by Gasteiger charge is 2.38. The fourth-order valence-corrected chi connectivity index (χ4v) is 6.67. The number of likely N-dealkylation sites (N-methyl/N-ethyl adjacent to an activating group) is 1. The van der Waals surface area contributed by atoms with Gasteiger partial charge in [-0.05, 0) is 88.5 Å². The van der Waals surface area contributed by atoms with Crippen LogP contribution < -0.4 is 19.4 Å². The third kappa shape index (κ3) is 7.60. The van der Waals surface area contributed by atoms with E-state index in [4.69, 9.17) is 23.9 Å². The monoisotopic (exact) mass is 647 g/mol. The average molecular weight is 648 g/mol. The van der Waals surface area contributed by atoms with Gasteiger partial charge in [-0.15, -0.1) is 0 Å². The first-order valence-corrected chi connectivity index (χ1v) is 19.6. The number of anilines is 3. The molecule has 2 aliphatic rings. The van der Waals surface area contributed by atoms with E-state index in [1.54, 1.807) is 12.0 Å². The Balaban J connectivity index is 1.44. The first-order valence-electron chi connectivity index (χ1n) is 16.6. The molecule has 0 unspecified atom stereocenters. The summed E-state index contributed by atoms with van der Waals surface area (Å²) >= 11 is 0. The summed E-state index contributed by atoms with van der Waals surface area (Å²) in [6.07, 6.45) is 2.65. The number of ether oxygens (including phenoxy) is 2. The van der Waals surface area contributed by atoms with E-state index < -0.39 is 13.9 Å². The molecule has 10 heteroatoms. The van der Waals surface area contributed by atoms with Gasteiger partial charge in [-0.1, -0.05) is 32.9 Å². The molecule has 3 aromatic rings. The number of methoxy groups -OCH3 is 1. The second-order valence-corrected chi connectivity index (χ2v) is 20.1. The molecule has 0 radical (unpaired) electrons. The number of nitrogens with zero attached hydrogens (tertiary/aromatic N) is 5. The Bertz CT molecular complexity index is 1550.